The van der Waals surface area contributed by atoms with Gasteiger partial charge in [-0.2, -0.15) is 4.98 Å². The molecule has 7 nitrogen and oxygen atoms in total. The fourth-order valence-electron chi connectivity index (χ4n) is 2.26. The monoisotopic (exact) mass is 487 g/mol. The first-order chi connectivity index (χ1) is 12.7. The third-order valence-electron chi connectivity index (χ3n) is 3.71. The quantitative estimate of drug-likeness (QED) is 0.232. The standard InChI is InChI=1S/C19H29N5O2.HI/c1-15(2)18-23-17(26-24-18)11-7-12-21-19(20-3)22-13-8-14-25-16-9-5-4-6-10-16;/h4-6,9-10,15H,7-8,11-14H2,1-3H3,(H2,20,21,22);1H. The molecule has 2 N–H and O–H groups in total. The highest BCUT2D eigenvalue weighted by Gasteiger charge is 2.09. The molecule has 8 heteroatoms. The van der Waals surface area contributed by atoms with Crippen molar-refractivity contribution in [1.82, 2.24) is 20.8 Å². The number of nitrogens with one attached hydrogen (secondary N) is 2. The average molecular weight is 487 g/mol. The molecule has 0 radical (unpaired) electrons. The molecule has 1 aromatic carbocycles. The summed E-state index contributed by atoms with van der Waals surface area (Å²) in [4.78, 5) is 8.59. The van der Waals surface area contributed by atoms with E-state index >= 15 is 0 Å². The van der Waals surface area contributed by atoms with Crippen LogP contribution in [0.15, 0.2) is 39.8 Å². The maximum absolute atomic E-state index is 5.66. The van der Waals surface area contributed by atoms with Crippen molar-refractivity contribution in [1.29, 1.82) is 0 Å². The molecule has 27 heavy (non-hydrogen) atoms. The second-order valence-electron chi connectivity index (χ2n) is 6.25. The molecular formula is C19H30IN5O2. The number of guanidine groups is 1. The Morgan fingerprint density at radius 3 is 2.48 bits per heavy atom. The van der Waals surface area contributed by atoms with Crippen LogP contribution >= 0.6 is 24.0 Å². The summed E-state index contributed by atoms with van der Waals surface area (Å²) in [6.45, 7) is 6.37. The molecule has 1 aromatic heterocycles. The summed E-state index contributed by atoms with van der Waals surface area (Å²) in [6, 6.07) is 9.84. The lowest BCUT2D eigenvalue weighted by Gasteiger charge is -2.11. The van der Waals surface area contributed by atoms with E-state index in [9.17, 15) is 0 Å². The summed E-state index contributed by atoms with van der Waals surface area (Å²) >= 11 is 0. The van der Waals surface area contributed by atoms with Gasteiger partial charge in [-0.05, 0) is 25.0 Å². The van der Waals surface area contributed by atoms with Crippen LogP contribution in [0.1, 0.15) is 44.3 Å². The van der Waals surface area contributed by atoms with Crippen LogP contribution in [0.25, 0.3) is 0 Å². The van der Waals surface area contributed by atoms with E-state index in [0.717, 1.165) is 49.9 Å². The largest absolute Gasteiger partial charge is 0.494 e. The normalized spacial score (nSPS) is 11.2. The summed E-state index contributed by atoms with van der Waals surface area (Å²) in [5.41, 5.74) is 0. The predicted octanol–water partition coefficient (Wildman–Crippen LogP) is 3.38. The maximum atomic E-state index is 5.66. The fourth-order valence-corrected chi connectivity index (χ4v) is 2.26. The van der Waals surface area contributed by atoms with Gasteiger partial charge in [0.25, 0.3) is 0 Å². The highest BCUT2D eigenvalue weighted by atomic mass is 127. The Morgan fingerprint density at radius 1 is 1.15 bits per heavy atom. The van der Waals surface area contributed by atoms with Crippen LogP contribution in [-0.2, 0) is 6.42 Å². The Kier molecular flexibility index (Phi) is 11.5. The fraction of sp³-hybridized carbons (Fsp3) is 0.526. The number of aliphatic imine (C=N–C) groups is 1. The lowest BCUT2D eigenvalue weighted by atomic mass is 10.2. The SMILES string of the molecule is CN=C(NCCCOc1ccccc1)NCCCc1nc(C(C)C)no1.I. The average Bonchev–Trinajstić information content (AvgIpc) is 3.13. The van der Waals surface area contributed by atoms with Gasteiger partial charge in [-0.3, -0.25) is 4.99 Å². The number of para-hydroxylation sites is 1. The number of nitrogens with zero attached hydrogens (tertiary/aromatic N) is 3. The van der Waals surface area contributed by atoms with Gasteiger partial charge in [0.2, 0.25) is 5.89 Å². The molecule has 150 valence electrons. The highest BCUT2D eigenvalue weighted by molar-refractivity contribution is 14.0. The van der Waals surface area contributed by atoms with E-state index in [1.807, 2.05) is 30.3 Å². The van der Waals surface area contributed by atoms with Crippen LogP contribution in [0.2, 0.25) is 0 Å². The molecule has 0 aliphatic rings. The lowest BCUT2D eigenvalue weighted by Crippen LogP contribution is -2.38. The van der Waals surface area contributed by atoms with E-state index in [0.29, 0.717) is 18.4 Å². The van der Waals surface area contributed by atoms with Crippen LogP contribution in [0.5, 0.6) is 5.75 Å². The van der Waals surface area contributed by atoms with Crippen molar-refractivity contribution in [2.24, 2.45) is 4.99 Å². The van der Waals surface area contributed by atoms with Gasteiger partial charge in [0.15, 0.2) is 11.8 Å². The summed E-state index contributed by atoms with van der Waals surface area (Å²) in [7, 11) is 1.77. The zero-order valence-electron chi connectivity index (χ0n) is 16.3. The van der Waals surface area contributed by atoms with Crippen molar-refractivity contribution in [2.75, 3.05) is 26.7 Å². The molecule has 0 bridgehead atoms. The Hall–Kier alpha value is -1.84. The van der Waals surface area contributed by atoms with Crippen molar-refractivity contribution >= 4 is 29.9 Å². The number of benzene rings is 1. The number of ether oxygens (including phenoxy) is 1. The van der Waals surface area contributed by atoms with E-state index in [2.05, 4.69) is 39.6 Å². The number of halogens is 1. The molecule has 2 aromatic rings. The summed E-state index contributed by atoms with van der Waals surface area (Å²) < 4.78 is 10.9. The van der Waals surface area contributed by atoms with Gasteiger partial charge in [0, 0.05) is 32.5 Å². The van der Waals surface area contributed by atoms with Gasteiger partial charge in [0.05, 0.1) is 6.61 Å². The van der Waals surface area contributed by atoms with Crippen molar-refractivity contribution in [3.8, 4) is 5.75 Å². The molecule has 1 heterocycles. The van der Waals surface area contributed by atoms with E-state index < -0.39 is 0 Å². The summed E-state index contributed by atoms with van der Waals surface area (Å²) in [5, 5.41) is 10.5. The molecule has 0 saturated carbocycles. The maximum Gasteiger partial charge on any atom is 0.226 e. The highest BCUT2D eigenvalue weighted by Crippen LogP contribution is 2.10. The summed E-state index contributed by atoms with van der Waals surface area (Å²) in [6.07, 6.45) is 2.56. The molecule has 0 amide bonds. The second-order valence-corrected chi connectivity index (χ2v) is 6.25. The number of hydrogen-bond acceptors (Lipinski definition) is 5. The van der Waals surface area contributed by atoms with Crippen LogP contribution < -0.4 is 15.4 Å². The van der Waals surface area contributed by atoms with Gasteiger partial charge >= 0.3 is 0 Å². The minimum Gasteiger partial charge on any atom is -0.494 e. The first-order valence-corrected chi connectivity index (χ1v) is 9.14. The molecule has 0 unspecified atom stereocenters. The van der Waals surface area contributed by atoms with Crippen LogP contribution in [0.4, 0.5) is 0 Å². The second kappa shape index (κ2) is 13.3. The van der Waals surface area contributed by atoms with Crippen molar-refractivity contribution in [3.05, 3.63) is 42.0 Å². The Bertz CT molecular complexity index is 661. The molecule has 0 aliphatic carbocycles. The first kappa shape index (κ1) is 23.2. The van der Waals surface area contributed by atoms with Gasteiger partial charge < -0.3 is 19.9 Å². The number of hydrogen-bond donors (Lipinski definition) is 2. The number of aromatic nitrogens is 2. The Morgan fingerprint density at radius 2 is 1.85 bits per heavy atom. The molecule has 0 spiro atoms. The zero-order chi connectivity index (χ0) is 18.6. The third kappa shape index (κ3) is 9.07. The minimum absolute atomic E-state index is 0. The number of aryl methyl sites for hydroxylation is 1. The third-order valence-corrected chi connectivity index (χ3v) is 3.71. The molecule has 0 saturated heterocycles. The van der Waals surface area contributed by atoms with Gasteiger partial charge in [-0.1, -0.05) is 37.2 Å². The van der Waals surface area contributed by atoms with Gasteiger partial charge in [-0.15, -0.1) is 24.0 Å². The Balaban J connectivity index is 0.00000364. The van der Waals surface area contributed by atoms with Crippen molar-refractivity contribution in [2.45, 2.75) is 39.0 Å². The van der Waals surface area contributed by atoms with Crippen LogP contribution in [-0.4, -0.2) is 42.8 Å². The molecule has 0 atom stereocenters. The Labute approximate surface area is 178 Å². The number of rotatable bonds is 10. The van der Waals surface area contributed by atoms with Gasteiger partial charge in [0.1, 0.15) is 5.75 Å². The molecular weight excluding hydrogens is 457 g/mol. The predicted molar refractivity (Wildman–Crippen MR) is 118 cm³/mol. The van der Waals surface area contributed by atoms with E-state index in [1.54, 1.807) is 7.05 Å². The molecule has 0 aliphatic heterocycles. The van der Waals surface area contributed by atoms with Crippen molar-refractivity contribution in [3.63, 3.8) is 0 Å². The minimum atomic E-state index is 0. The first-order valence-electron chi connectivity index (χ1n) is 9.14. The van der Waals surface area contributed by atoms with Crippen LogP contribution in [0, 0.1) is 0 Å². The van der Waals surface area contributed by atoms with Crippen molar-refractivity contribution < 1.29 is 9.26 Å². The van der Waals surface area contributed by atoms with Crippen LogP contribution in [0.3, 0.4) is 0 Å². The zero-order valence-corrected chi connectivity index (χ0v) is 18.6. The lowest BCUT2D eigenvalue weighted by molar-refractivity contribution is 0.311. The topological polar surface area (TPSA) is 84.6 Å². The van der Waals surface area contributed by atoms with Gasteiger partial charge in [-0.25, -0.2) is 0 Å². The smallest absolute Gasteiger partial charge is 0.226 e. The van der Waals surface area contributed by atoms with E-state index in [-0.39, 0.29) is 24.0 Å². The van der Waals surface area contributed by atoms with E-state index in [1.165, 1.54) is 0 Å². The molecule has 0 fully saturated rings. The molecule has 2 rings (SSSR count). The summed E-state index contributed by atoms with van der Waals surface area (Å²) in [5.74, 6) is 3.44. The van der Waals surface area contributed by atoms with E-state index in [4.69, 9.17) is 9.26 Å².